The van der Waals surface area contributed by atoms with Crippen LogP contribution in [0, 0.1) is 0 Å². The van der Waals surface area contributed by atoms with E-state index >= 15 is 0 Å². The Morgan fingerprint density at radius 1 is 1.36 bits per heavy atom. The topological polar surface area (TPSA) is 12.0 Å². The summed E-state index contributed by atoms with van der Waals surface area (Å²) in [6, 6.07) is 4.66. The zero-order valence-electron chi connectivity index (χ0n) is 8.57. The third-order valence-electron chi connectivity index (χ3n) is 2.88. The van der Waals surface area contributed by atoms with E-state index in [1.165, 1.54) is 29.3 Å². The van der Waals surface area contributed by atoms with Crippen LogP contribution in [0.1, 0.15) is 23.1 Å². The van der Waals surface area contributed by atoms with Crippen molar-refractivity contribution in [1.29, 1.82) is 0 Å². The van der Waals surface area contributed by atoms with Crippen molar-refractivity contribution < 1.29 is 0 Å². The fourth-order valence-electron chi connectivity index (χ4n) is 2.13. The monoisotopic (exact) mass is 253 g/mol. The lowest BCUT2D eigenvalue weighted by Crippen LogP contribution is -2.10. The highest BCUT2D eigenvalue weighted by Gasteiger charge is 2.14. The molecule has 0 bridgehead atoms. The Kier molecular flexibility index (Phi) is 3.24. The second-order valence-electron chi connectivity index (χ2n) is 3.92. The van der Waals surface area contributed by atoms with Crippen LogP contribution < -0.4 is 5.32 Å². The summed E-state index contributed by atoms with van der Waals surface area (Å²) in [5.41, 5.74) is 4.55. The Labute approximate surface area is 94.0 Å². The van der Waals surface area contributed by atoms with Gasteiger partial charge in [0, 0.05) is 4.47 Å². The molecule has 0 saturated carbocycles. The Morgan fingerprint density at radius 3 is 3.00 bits per heavy atom. The van der Waals surface area contributed by atoms with Crippen molar-refractivity contribution in [2.45, 2.75) is 25.7 Å². The van der Waals surface area contributed by atoms with Gasteiger partial charge < -0.3 is 5.32 Å². The molecular weight excluding hydrogens is 238 g/mol. The molecule has 1 aromatic carbocycles. The number of rotatable bonds is 3. The number of hydrogen-bond donors (Lipinski definition) is 1. The molecule has 2 heteroatoms. The minimum absolute atomic E-state index is 1.06. The molecule has 2 rings (SSSR count). The molecule has 14 heavy (non-hydrogen) atoms. The molecule has 0 aromatic heterocycles. The van der Waals surface area contributed by atoms with Crippen molar-refractivity contribution in [3.8, 4) is 0 Å². The molecule has 1 nitrogen and oxygen atoms in total. The largest absolute Gasteiger partial charge is 0.319 e. The Hall–Kier alpha value is -0.340. The highest BCUT2D eigenvalue weighted by atomic mass is 79.9. The number of benzene rings is 1. The SMILES string of the molecule is CNCCc1cc(Br)c2c(c1)CCC2. The summed E-state index contributed by atoms with van der Waals surface area (Å²) in [6.45, 7) is 1.06. The van der Waals surface area contributed by atoms with Crippen LogP contribution in [0.25, 0.3) is 0 Å². The normalized spacial score (nSPS) is 14.4. The van der Waals surface area contributed by atoms with E-state index in [4.69, 9.17) is 0 Å². The number of halogens is 1. The average molecular weight is 254 g/mol. The van der Waals surface area contributed by atoms with Gasteiger partial charge in [0.2, 0.25) is 0 Å². The van der Waals surface area contributed by atoms with Crippen LogP contribution in [0.15, 0.2) is 16.6 Å². The van der Waals surface area contributed by atoms with E-state index < -0.39 is 0 Å². The van der Waals surface area contributed by atoms with Crippen LogP contribution >= 0.6 is 15.9 Å². The van der Waals surface area contributed by atoms with Gasteiger partial charge in [0.15, 0.2) is 0 Å². The fourth-order valence-corrected chi connectivity index (χ4v) is 2.88. The van der Waals surface area contributed by atoms with Gasteiger partial charge in [-0.15, -0.1) is 0 Å². The van der Waals surface area contributed by atoms with Gasteiger partial charge in [-0.05, 0) is 62.0 Å². The van der Waals surface area contributed by atoms with Gasteiger partial charge >= 0.3 is 0 Å². The van der Waals surface area contributed by atoms with E-state index in [1.807, 2.05) is 7.05 Å². The van der Waals surface area contributed by atoms with Gasteiger partial charge in [-0.3, -0.25) is 0 Å². The summed E-state index contributed by atoms with van der Waals surface area (Å²) >= 11 is 3.67. The van der Waals surface area contributed by atoms with Gasteiger partial charge in [-0.1, -0.05) is 22.0 Å². The lowest BCUT2D eigenvalue weighted by molar-refractivity contribution is 0.790. The van der Waals surface area contributed by atoms with Gasteiger partial charge in [-0.2, -0.15) is 0 Å². The molecule has 0 atom stereocenters. The summed E-state index contributed by atoms with van der Waals surface area (Å²) in [6.07, 6.45) is 4.97. The van der Waals surface area contributed by atoms with Crippen LogP contribution in [-0.2, 0) is 19.3 Å². The van der Waals surface area contributed by atoms with Gasteiger partial charge in [0.05, 0.1) is 0 Å². The number of likely N-dealkylation sites (N-methyl/N-ethyl adjacent to an activating group) is 1. The molecule has 1 aliphatic carbocycles. The van der Waals surface area contributed by atoms with Crippen molar-refractivity contribution in [3.05, 3.63) is 33.3 Å². The predicted molar refractivity (Wildman–Crippen MR) is 63.8 cm³/mol. The maximum absolute atomic E-state index is 3.67. The van der Waals surface area contributed by atoms with Crippen LogP contribution in [-0.4, -0.2) is 13.6 Å². The maximum Gasteiger partial charge on any atom is 0.0212 e. The first kappa shape index (κ1) is 10.2. The molecule has 0 heterocycles. The second kappa shape index (κ2) is 4.45. The summed E-state index contributed by atoms with van der Waals surface area (Å²) in [4.78, 5) is 0. The predicted octanol–water partition coefficient (Wildman–Crippen LogP) is 2.70. The van der Waals surface area contributed by atoms with Crippen molar-refractivity contribution >= 4 is 15.9 Å². The molecule has 0 amide bonds. The van der Waals surface area contributed by atoms with E-state index in [-0.39, 0.29) is 0 Å². The van der Waals surface area contributed by atoms with Gasteiger partial charge in [-0.25, -0.2) is 0 Å². The zero-order valence-corrected chi connectivity index (χ0v) is 10.2. The van der Waals surface area contributed by atoms with E-state index in [2.05, 4.69) is 33.4 Å². The van der Waals surface area contributed by atoms with Crippen LogP contribution in [0.5, 0.6) is 0 Å². The lowest BCUT2D eigenvalue weighted by atomic mass is 10.0. The second-order valence-corrected chi connectivity index (χ2v) is 4.78. The number of fused-ring (bicyclic) bond motifs is 1. The van der Waals surface area contributed by atoms with Crippen molar-refractivity contribution in [1.82, 2.24) is 5.32 Å². The molecule has 0 fully saturated rings. The first-order valence-corrected chi connectivity index (χ1v) is 6.05. The van der Waals surface area contributed by atoms with Crippen LogP contribution in [0.3, 0.4) is 0 Å². The molecule has 1 aromatic rings. The summed E-state index contributed by atoms with van der Waals surface area (Å²) in [5, 5.41) is 3.19. The van der Waals surface area contributed by atoms with Crippen molar-refractivity contribution in [3.63, 3.8) is 0 Å². The molecule has 0 spiro atoms. The third kappa shape index (κ3) is 2.01. The van der Waals surface area contributed by atoms with Crippen molar-refractivity contribution in [2.24, 2.45) is 0 Å². The minimum Gasteiger partial charge on any atom is -0.319 e. The molecule has 0 saturated heterocycles. The fraction of sp³-hybridized carbons (Fsp3) is 0.500. The number of aryl methyl sites for hydroxylation is 1. The van der Waals surface area contributed by atoms with Gasteiger partial charge in [0.1, 0.15) is 0 Å². The number of hydrogen-bond acceptors (Lipinski definition) is 1. The Bertz CT molecular complexity index is 333. The quantitative estimate of drug-likeness (QED) is 0.874. The average Bonchev–Trinajstić information content (AvgIpc) is 2.63. The first-order chi connectivity index (χ1) is 6.81. The minimum atomic E-state index is 1.06. The first-order valence-electron chi connectivity index (χ1n) is 5.26. The highest BCUT2D eigenvalue weighted by molar-refractivity contribution is 9.10. The Morgan fingerprint density at radius 2 is 2.21 bits per heavy atom. The molecule has 1 N–H and O–H groups in total. The summed E-state index contributed by atoms with van der Waals surface area (Å²) in [5.74, 6) is 0. The molecule has 0 unspecified atom stereocenters. The third-order valence-corrected chi connectivity index (χ3v) is 3.59. The standard InChI is InChI=1S/C12H16BrN/c1-14-6-5-9-7-10-3-2-4-11(10)12(13)8-9/h7-8,14H,2-6H2,1H3. The summed E-state index contributed by atoms with van der Waals surface area (Å²) < 4.78 is 1.32. The van der Waals surface area contributed by atoms with Gasteiger partial charge in [0.25, 0.3) is 0 Å². The smallest absolute Gasteiger partial charge is 0.0212 e. The van der Waals surface area contributed by atoms with E-state index in [0.717, 1.165) is 13.0 Å². The van der Waals surface area contributed by atoms with Crippen LogP contribution in [0.2, 0.25) is 0 Å². The van der Waals surface area contributed by atoms with E-state index in [1.54, 1.807) is 11.1 Å². The number of nitrogens with one attached hydrogen (secondary N) is 1. The molecule has 0 radical (unpaired) electrons. The summed E-state index contributed by atoms with van der Waals surface area (Å²) in [7, 11) is 2.00. The maximum atomic E-state index is 3.67. The highest BCUT2D eigenvalue weighted by Crippen LogP contribution is 2.30. The molecule has 76 valence electrons. The van der Waals surface area contributed by atoms with Crippen molar-refractivity contribution in [2.75, 3.05) is 13.6 Å². The lowest BCUT2D eigenvalue weighted by Gasteiger charge is -2.07. The zero-order chi connectivity index (χ0) is 9.97. The Balaban J connectivity index is 2.23. The molecule has 0 aliphatic heterocycles. The van der Waals surface area contributed by atoms with E-state index in [9.17, 15) is 0 Å². The molecule has 1 aliphatic rings. The van der Waals surface area contributed by atoms with Crippen LogP contribution in [0.4, 0.5) is 0 Å². The molecular formula is C12H16BrN. The van der Waals surface area contributed by atoms with E-state index in [0.29, 0.717) is 0 Å².